The molecule has 6 heteroatoms. The van der Waals surface area contributed by atoms with Crippen molar-refractivity contribution in [3.63, 3.8) is 0 Å². The second-order valence-electron chi connectivity index (χ2n) is 2.54. The molecule has 15 heavy (non-hydrogen) atoms. The minimum Gasteiger partial charge on any atom is -0.475 e. The summed E-state index contributed by atoms with van der Waals surface area (Å²) in [6.07, 6.45) is 0. The molecule has 0 aliphatic rings. The summed E-state index contributed by atoms with van der Waals surface area (Å²) in [6, 6.07) is 5.15. The number of thioether (sulfide) groups is 1. The molecule has 0 saturated carbocycles. The van der Waals surface area contributed by atoms with E-state index in [1.54, 1.807) is 0 Å². The molecule has 0 aromatic heterocycles. The Balaban J connectivity index is 2.92. The molecular weight excluding hydrogens is 226 g/mol. The first-order chi connectivity index (χ1) is 7.00. The summed E-state index contributed by atoms with van der Waals surface area (Å²) in [6.45, 7) is 0. The van der Waals surface area contributed by atoms with Crippen LogP contribution in [0, 0.1) is 0 Å². The van der Waals surface area contributed by atoms with E-state index in [1.165, 1.54) is 18.2 Å². The SMILES string of the molecule is O=C(O)C(=O)c1cccc(SC(F)F)c1. The van der Waals surface area contributed by atoms with Crippen LogP contribution in [0.1, 0.15) is 10.4 Å². The Labute approximate surface area is 88.1 Å². The molecule has 0 bridgehead atoms. The van der Waals surface area contributed by atoms with Crippen LogP contribution in [-0.4, -0.2) is 22.6 Å². The first kappa shape index (κ1) is 11.6. The van der Waals surface area contributed by atoms with Gasteiger partial charge in [-0.3, -0.25) is 4.79 Å². The third-order valence-electron chi connectivity index (χ3n) is 1.52. The van der Waals surface area contributed by atoms with E-state index < -0.39 is 17.5 Å². The maximum atomic E-state index is 12.0. The number of hydrogen-bond acceptors (Lipinski definition) is 3. The van der Waals surface area contributed by atoms with Gasteiger partial charge < -0.3 is 5.11 Å². The zero-order valence-electron chi connectivity index (χ0n) is 7.31. The van der Waals surface area contributed by atoms with Crippen molar-refractivity contribution >= 4 is 23.5 Å². The Morgan fingerprint density at radius 2 is 2.00 bits per heavy atom. The van der Waals surface area contributed by atoms with E-state index in [4.69, 9.17) is 5.11 Å². The molecule has 1 N–H and O–H groups in total. The lowest BCUT2D eigenvalue weighted by Crippen LogP contribution is -2.12. The predicted octanol–water partition coefficient (Wildman–Crippen LogP) is 2.27. The molecule has 0 radical (unpaired) electrons. The van der Waals surface area contributed by atoms with Crippen LogP contribution in [0.15, 0.2) is 29.2 Å². The van der Waals surface area contributed by atoms with Crippen LogP contribution < -0.4 is 0 Å². The van der Waals surface area contributed by atoms with E-state index in [0.29, 0.717) is 0 Å². The van der Waals surface area contributed by atoms with Gasteiger partial charge in [-0.2, -0.15) is 8.78 Å². The fourth-order valence-electron chi connectivity index (χ4n) is 0.937. The highest BCUT2D eigenvalue weighted by Crippen LogP contribution is 2.25. The summed E-state index contributed by atoms with van der Waals surface area (Å²) in [5.41, 5.74) is -0.104. The summed E-state index contributed by atoms with van der Waals surface area (Å²) in [5, 5.41) is 8.40. The summed E-state index contributed by atoms with van der Waals surface area (Å²) in [7, 11) is 0. The Kier molecular flexibility index (Phi) is 3.79. The van der Waals surface area contributed by atoms with Crippen molar-refractivity contribution in [1.29, 1.82) is 0 Å². The number of carboxylic acid groups (broad SMARTS) is 1. The van der Waals surface area contributed by atoms with Crippen molar-refractivity contribution in [2.75, 3.05) is 0 Å². The number of benzene rings is 1. The summed E-state index contributed by atoms with van der Waals surface area (Å²) in [4.78, 5) is 21.5. The average Bonchev–Trinajstić information content (AvgIpc) is 2.16. The molecule has 3 nitrogen and oxygen atoms in total. The number of rotatable bonds is 4. The zero-order chi connectivity index (χ0) is 11.4. The predicted molar refractivity (Wildman–Crippen MR) is 50.3 cm³/mol. The van der Waals surface area contributed by atoms with E-state index in [9.17, 15) is 18.4 Å². The third kappa shape index (κ3) is 3.32. The molecule has 0 unspecified atom stereocenters. The number of aliphatic carboxylic acids is 1. The standard InChI is InChI=1S/C9H6F2O3S/c10-9(11)15-6-3-1-2-5(4-6)7(12)8(13)14/h1-4,9H,(H,13,14). The number of carbonyl (C=O) groups is 2. The van der Waals surface area contributed by atoms with Gasteiger partial charge >= 0.3 is 5.97 Å². The number of Topliss-reactive ketones (excluding diaryl/α,β-unsaturated/α-hetero) is 1. The average molecular weight is 232 g/mol. The molecule has 0 spiro atoms. The number of alkyl halides is 2. The van der Waals surface area contributed by atoms with Crippen LogP contribution in [0.3, 0.4) is 0 Å². The lowest BCUT2D eigenvalue weighted by molar-refractivity contribution is -0.131. The van der Waals surface area contributed by atoms with Gasteiger partial charge in [-0.15, -0.1) is 0 Å². The fourth-order valence-corrected chi connectivity index (χ4v) is 1.49. The minimum atomic E-state index is -2.60. The molecule has 1 rings (SSSR count). The molecule has 1 aromatic carbocycles. The summed E-state index contributed by atoms with van der Waals surface area (Å²) < 4.78 is 23.9. The molecule has 0 fully saturated rings. The van der Waals surface area contributed by atoms with Gasteiger partial charge in [0, 0.05) is 10.5 Å². The summed E-state index contributed by atoms with van der Waals surface area (Å²) >= 11 is 0.263. The molecule has 0 heterocycles. The second kappa shape index (κ2) is 4.88. The van der Waals surface area contributed by atoms with Crippen molar-refractivity contribution < 1.29 is 23.5 Å². The van der Waals surface area contributed by atoms with Gasteiger partial charge in [0.05, 0.1) is 0 Å². The van der Waals surface area contributed by atoms with Gasteiger partial charge in [0.15, 0.2) is 0 Å². The topological polar surface area (TPSA) is 54.4 Å². The molecule has 0 saturated heterocycles. The van der Waals surface area contributed by atoms with Gasteiger partial charge in [-0.1, -0.05) is 23.9 Å². The highest BCUT2D eigenvalue weighted by atomic mass is 32.2. The Morgan fingerprint density at radius 1 is 1.33 bits per heavy atom. The zero-order valence-corrected chi connectivity index (χ0v) is 8.13. The van der Waals surface area contributed by atoms with Crippen LogP contribution >= 0.6 is 11.8 Å². The van der Waals surface area contributed by atoms with Gasteiger partial charge in [0.1, 0.15) is 0 Å². The lowest BCUT2D eigenvalue weighted by atomic mass is 10.1. The van der Waals surface area contributed by atoms with Crippen molar-refractivity contribution in [3.8, 4) is 0 Å². The van der Waals surface area contributed by atoms with Crippen molar-refractivity contribution in [2.24, 2.45) is 0 Å². The van der Waals surface area contributed by atoms with Crippen molar-refractivity contribution in [3.05, 3.63) is 29.8 Å². The third-order valence-corrected chi connectivity index (χ3v) is 2.22. The number of ketones is 1. The normalized spacial score (nSPS) is 10.3. The smallest absolute Gasteiger partial charge is 0.377 e. The lowest BCUT2D eigenvalue weighted by Gasteiger charge is -2.01. The van der Waals surface area contributed by atoms with Crippen LogP contribution in [0.4, 0.5) is 8.78 Å². The van der Waals surface area contributed by atoms with Crippen LogP contribution in [0.5, 0.6) is 0 Å². The Hall–Kier alpha value is -1.43. The molecule has 80 valence electrons. The largest absolute Gasteiger partial charge is 0.475 e. The minimum absolute atomic E-state index is 0.104. The van der Waals surface area contributed by atoms with E-state index >= 15 is 0 Å². The molecule has 0 aliphatic heterocycles. The van der Waals surface area contributed by atoms with Crippen LogP contribution in [0.25, 0.3) is 0 Å². The highest BCUT2D eigenvalue weighted by Gasteiger charge is 2.15. The van der Waals surface area contributed by atoms with Crippen molar-refractivity contribution in [2.45, 2.75) is 10.7 Å². The molecule has 0 amide bonds. The first-order valence-corrected chi connectivity index (χ1v) is 4.71. The molecule has 0 aliphatic carbocycles. The van der Waals surface area contributed by atoms with Gasteiger partial charge in [-0.05, 0) is 12.1 Å². The fraction of sp³-hybridized carbons (Fsp3) is 0.111. The summed E-state index contributed by atoms with van der Waals surface area (Å²) in [5.74, 6) is -5.30. The van der Waals surface area contributed by atoms with Gasteiger partial charge in [0.2, 0.25) is 0 Å². The monoisotopic (exact) mass is 232 g/mol. The van der Waals surface area contributed by atoms with E-state index in [0.717, 1.165) is 6.07 Å². The van der Waals surface area contributed by atoms with Crippen molar-refractivity contribution in [1.82, 2.24) is 0 Å². The maximum absolute atomic E-state index is 12.0. The number of hydrogen-bond donors (Lipinski definition) is 1. The Morgan fingerprint density at radius 3 is 2.53 bits per heavy atom. The number of halogens is 2. The molecule has 0 atom stereocenters. The molecule has 1 aromatic rings. The second-order valence-corrected chi connectivity index (χ2v) is 3.60. The van der Waals surface area contributed by atoms with E-state index in [2.05, 4.69) is 0 Å². The molecular formula is C9H6F2O3S. The van der Waals surface area contributed by atoms with E-state index in [1.807, 2.05) is 0 Å². The van der Waals surface area contributed by atoms with E-state index in [-0.39, 0.29) is 22.2 Å². The number of carboxylic acids is 1. The van der Waals surface area contributed by atoms with Crippen LogP contribution in [0.2, 0.25) is 0 Å². The quantitative estimate of drug-likeness (QED) is 0.491. The number of carbonyl (C=O) groups excluding carboxylic acids is 1. The Bertz CT molecular complexity index is 393. The van der Waals surface area contributed by atoms with Gasteiger partial charge in [0.25, 0.3) is 11.5 Å². The first-order valence-electron chi connectivity index (χ1n) is 3.83. The van der Waals surface area contributed by atoms with Crippen LogP contribution in [-0.2, 0) is 4.79 Å². The maximum Gasteiger partial charge on any atom is 0.377 e. The highest BCUT2D eigenvalue weighted by molar-refractivity contribution is 7.99. The van der Waals surface area contributed by atoms with Gasteiger partial charge in [-0.25, -0.2) is 4.79 Å².